The van der Waals surface area contributed by atoms with E-state index in [2.05, 4.69) is 18.7 Å². The summed E-state index contributed by atoms with van der Waals surface area (Å²) in [5, 5.41) is -0.130. The van der Waals surface area contributed by atoms with Crippen molar-refractivity contribution in [2.24, 2.45) is 5.92 Å². The van der Waals surface area contributed by atoms with Crippen LogP contribution in [-0.2, 0) is 21.0 Å². The average molecular weight is 725 g/mol. The molecule has 4 rings (SSSR count). The molecule has 0 saturated heterocycles. The fourth-order valence-electron chi connectivity index (χ4n) is 6.64. The first-order chi connectivity index (χ1) is 19.3. The number of rotatable bonds is 11. The number of amides is 1. The Morgan fingerprint density at radius 3 is 2.20 bits per heavy atom. The molecule has 1 aliphatic carbocycles. The lowest BCUT2D eigenvalue weighted by Crippen LogP contribution is -2.54. The first-order valence-electron chi connectivity index (χ1n) is 14.4. The molecule has 1 unspecified atom stereocenters. The highest BCUT2D eigenvalue weighted by atomic mass is 127. The van der Waals surface area contributed by atoms with E-state index in [1.807, 2.05) is 43.4 Å². The second-order valence-electron chi connectivity index (χ2n) is 11.1. The van der Waals surface area contributed by atoms with Crippen LogP contribution in [0.25, 0.3) is 0 Å². The van der Waals surface area contributed by atoms with Gasteiger partial charge in [-0.3, -0.25) is 4.79 Å². The van der Waals surface area contributed by atoms with Crippen LogP contribution in [-0.4, -0.2) is 44.8 Å². The lowest BCUT2D eigenvalue weighted by atomic mass is 9.78. The predicted octanol–water partition coefficient (Wildman–Crippen LogP) is 8.83. The SMILES string of the molecule is CCN(CC)[C@H]1C[C@H](CN2C(=O)C(O[Si](CC)(CC)CC)(c3c(F)cccc3Cl)c3c2cc(I)cc3C(F)(F)F)C1. The van der Waals surface area contributed by atoms with Crippen molar-refractivity contribution in [2.75, 3.05) is 24.5 Å². The summed E-state index contributed by atoms with van der Waals surface area (Å²) in [7, 11) is -2.84. The quantitative estimate of drug-likeness (QED) is 0.132. The van der Waals surface area contributed by atoms with Gasteiger partial charge in [-0.05, 0) is 96.8 Å². The van der Waals surface area contributed by atoms with Crippen molar-refractivity contribution in [3.05, 3.63) is 61.4 Å². The van der Waals surface area contributed by atoms with Crippen molar-refractivity contribution in [1.82, 2.24) is 4.90 Å². The van der Waals surface area contributed by atoms with Crippen LogP contribution in [0.4, 0.5) is 23.2 Å². The summed E-state index contributed by atoms with van der Waals surface area (Å²) in [6, 6.07) is 8.58. The number of nitrogens with zero attached hydrogens (tertiary/aromatic N) is 2. The van der Waals surface area contributed by atoms with Gasteiger partial charge in [0.2, 0.25) is 0 Å². The maximum Gasteiger partial charge on any atom is 0.416 e. The minimum atomic E-state index is -4.81. The monoisotopic (exact) mass is 724 g/mol. The van der Waals surface area contributed by atoms with Crippen molar-refractivity contribution < 1.29 is 26.8 Å². The third-order valence-corrected chi connectivity index (χ3v) is 14.7. The number of hydrogen-bond donors (Lipinski definition) is 0. The third kappa shape index (κ3) is 5.72. The Morgan fingerprint density at radius 1 is 1.07 bits per heavy atom. The molecule has 226 valence electrons. The Labute approximate surface area is 260 Å². The summed E-state index contributed by atoms with van der Waals surface area (Å²) in [4.78, 5) is 18.6. The fourth-order valence-corrected chi connectivity index (χ4v) is 10.4. The smallest absolute Gasteiger partial charge is 0.396 e. The minimum absolute atomic E-state index is 0.0991. The number of hydrogen-bond acceptors (Lipinski definition) is 3. The molecule has 1 aliphatic heterocycles. The Kier molecular flexibility index (Phi) is 9.90. The van der Waals surface area contributed by atoms with Crippen LogP contribution in [0.3, 0.4) is 0 Å². The van der Waals surface area contributed by atoms with Crippen LogP contribution in [0, 0.1) is 15.3 Å². The average Bonchev–Trinajstić information content (AvgIpc) is 3.12. The molecular weight excluding hydrogens is 687 g/mol. The maximum atomic E-state index is 15.9. The van der Waals surface area contributed by atoms with Crippen LogP contribution in [0.2, 0.25) is 23.2 Å². The molecule has 1 heterocycles. The third-order valence-electron chi connectivity index (χ3n) is 9.17. The maximum absolute atomic E-state index is 15.9. The van der Waals surface area contributed by atoms with Crippen molar-refractivity contribution in [3.8, 4) is 0 Å². The molecule has 2 aliphatic rings. The Hall–Kier alpha value is -1.21. The van der Waals surface area contributed by atoms with Gasteiger partial charge in [0.15, 0.2) is 13.9 Å². The summed E-state index contributed by atoms with van der Waals surface area (Å²) in [5.74, 6) is -1.45. The summed E-state index contributed by atoms with van der Waals surface area (Å²) >= 11 is 8.45. The summed E-state index contributed by atoms with van der Waals surface area (Å²) in [5.41, 5.74) is -3.87. The molecule has 1 atom stereocenters. The molecule has 0 spiro atoms. The van der Waals surface area contributed by atoms with Crippen molar-refractivity contribution in [2.45, 2.75) is 83.4 Å². The van der Waals surface area contributed by atoms with Crippen molar-refractivity contribution >= 4 is 54.1 Å². The van der Waals surface area contributed by atoms with Gasteiger partial charge in [0.25, 0.3) is 5.91 Å². The standard InChI is InChI=1S/C30H38ClF4IN2O2Si/c1-6-37(7-2)21-14-19(15-21)18-38-25-17-20(36)16-22(30(33,34)35)26(25)29(28(38)39,40-41(8-3,9-4)10-5)27-23(31)12-11-13-24(27)32/h11-13,16-17,19,21H,6-10,14-15,18H2,1-5H3/t19-,21-,29?. The molecule has 0 bridgehead atoms. The second kappa shape index (κ2) is 12.4. The number of anilines is 1. The molecule has 11 heteroatoms. The molecule has 2 aromatic carbocycles. The fraction of sp³-hybridized carbons (Fsp3) is 0.567. The van der Waals surface area contributed by atoms with Crippen LogP contribution in [0.1, 0.15) is 64.2 Å². The molecule has 0 aromatic heterocycles. The van der Waals surface area contributed by atoms with E-state index >= 15 is 4.39 Å². The van der Waals surface area contributed by atoms with Gasteiger partial charge in [0.05, 0.1) is 21.8 Å². The van der Waals surface area contributed by atoms with Gasteiger partial charge in [0, 0.05) is 21.7 Å². The van der Waals surface area contributed by atoms with Gasteiger partial charge in [-0.1, -0.05) is 52.3 Å². The van der Waals surface area contributed by atoms with E-state index in [1.165, 1.54) is 17.0 Å². The number of carbonyl (C=O) groups excluding carboxylic acids is 1. The highest BCUT2D eigenvalue weighted by molar-refractivity contribution is 14.1. The van der Waals surface area contributed by atoms with E-state index in [1.54, 1.807) is 6.07 Å². The lowest BCUT2D eigenvalue weighted by Gasteiger charge is -2.44. The normalized spacial score (nSPS) is 22.8. The largest absolute Gasteiger partial charge is 0.416 e. The van der Waals surface area contributed by atoms with Gasteiger partial charge in [-0.15, -0.1) is 0 Å². The highest BCUT2D eigenvalue weighted by Crippen LogP contribution is 2.56. The molecule has 0 N–H and O–H groups in total. The van der Waals surface area contributed by atoms with Gasteiger partial charge in [0.1, 0.15) is 5.82 Å². The molecule has 0 radical (unpaired) electrons. The van der Waals surface area contributed by atoms with Gasteiger partial charge in [-0.2, -0.15) is 13.2 Å². The summed E-state index contributed by atoms with van der Waals surface area (Å²) in [6.45, 7) is 12.0. The topological polar surface area (TPSA) is 32.8 Å². The molecular formula is C30H38ClF4IN2O2Si. The number of halogens is 6. The molecule has 1 saturated carbocycles. The van der Waals surface area contributed by atoms with Crippen molar-refractivity contribution in [3.63, 3.8) is 0 Å². The zero-order valence-corrected chi connectivity index (χ0v) is 28.1. The van der Waals surface area contributed by atoms with E-state index in [4.69, 9.17) is 16.0 Å². The first kappa shape index (κ1) is 32.7. The van der Waals surface area contributed by atoms with Crippen LogP contribution < -0.4 is 4.90 Å². The van der Waals surface area contributed by atoms with E-state index < -0.39 is 37.4 Å². The highest BCUT2D eigenvalue weighted by Gasteiger charge is 2.62. The molecule has 2 aromatic rings. The summed E-state index contributed by atoms with van der Waals surface area (Å²) < 4.78 is 67.7. The van der Waals surface area contributed by atoms with Gasteiger partial charge in [-0.25, -0.2) is 4.39 Å². The molecule has 1 amide bonds. The first-order valence-corrected chi connectivity index (χ1v) is 18.4. The lowest BCUT2D eigenvalue weighted by molar-refractivity contribution is -0.141. The Bertz CT molecular complexity index is 1250. The zero-order chi connectivity index (χ0) is 30.3. The number of alkyl halides is 3. The number of carbonyl (C=O) groups is 1. The Balaban J connectivity index is 1.99. The van der Waals surface area contributed by atoms with E-state index in [0.29, 0.717) is 27.7 Å². The van der Waals surface area contributed by atoms with E-state index in [9.17, 15) is 18.0 Å². The van der Waals surface area contributed by atoms with E-state index in [-0.39, 0.29) is 34.3 Å². The van der Waals surface area contributed by atoms with Gasteiger partial charge >= 0.3 is 6.18 Å². The van der Waals surface area contributed by atoms with Crippen LogP contribution >= 0.6 is 34.2 Å². The Morgan fingerprint density at radius 2 is 1.68 bits per heavy atom. The molecule has 4 nitrogen and oxygen atoms in total. The molecule has 1 fully saturated rings. The van der Waals surface area contributed by atoms with Crippen LogP contribution in [0.15, 0.2) is 30.3 Å². The number of fused-ring (bicyclic) bond motifs is 1. The van der Waals surface area contributed by atoms with Crippen molar-refractivity contribution in [1.29, 1.82) is 0 Å². The minimum Gasteiger partial charge on any atom is -0.396 e. The number of benzene rings is 2. The van der Waals surface area contributed by atoms with E-state index in [0.717, 1.165) is 38.1 Å². The second-order valence-corrected chi connectivity index (χ2v) is 17.4. The summed E-state index contributed by atoms with van der Waals surface area (Å²) in [6.07, 6.45) is -3.14. The molecule has 41 heavy (non-hydrogen) atoms. The van der Waals surface area contributed by atoms with Gasteiger partial charge < -0.3 is 14.2 Å². The zero-order valence-electron chi connectivity index (χ0n) is 24.2. The van der Waals surface area contributed by atoms with Crippen LogP contribution in [0.5, 0.6) is 0 Å². The predicted molar refractivity (Wildman–Crippen MR) is 166 cm³/mol.